The number of anilines is 2. The van der Waals surface area contributed by atoms with Gasteiger partial charge >= 0.3 is 0 Å². The normalized spacial score (nSPS) is 22.7. The first-order valence-electron chi connectivity index (χ1n) is 10.3. The molecule has 31 heavy (non-hydrogen) atoms. The molecule has 1 spiro atoms. The topological polar surface area (TPSA) is 47.1 Å². The SMILES string of the molecule is CN1C(=O)C2(Cc3ccccc3N3CCN(c4ccccc4F)C[C@H]32)C(=O)N(C)C1=S. The van der Waals surface area contributed by atoms with Crippen LogP contribution in [0.2, 0.25) is 0 Å². The summed E-state index contributed by atoms with van der Waals surface area (Å²) < 4.78 is 14.6. The van der Waals surface area contributed by atoms with Crippen molar-refractivity contribution >= 4 is 40.5 Å². The molecule has 2 aromatic carbocycles. The van der Waals surface area contributed by atoms with E-state index in [0.29, 0.717) is 31.7 Å². The van der Waals surface area contributed by atoms with Crippen LogP contribution in [-0.2, 0) is 16.0 Å². The van der Waals surface area contributed by atoms with Gasteiger partial charge in [0.15, 0.2) is 10.5 Å². The number of carbonyl (C=O) groups is 2. The summed E-state index contributed by atoms with van der Waals surface area (Å²) in [6.07, 6.45) is 0.296. The van der Waals surface area contributed by atoms with Gasteiger partial charge in [0, 0.05) is 39.4 Å². The number of para-hydroxylation sites is 2. The van der Waals surface area contributed by atoms with Crippen molar-refractivity contribution in [3.63, 3.8) is 0 Å². The minimum atomic E-state index is -1.32. The highest BCUT2D eigenvalue weighted by Gasteiger charge is 2.63. The van der Waals surface area contributed by atoms with Gasteiger partial charge in [-0.05, 0) is 42.4 Å². The van der Waals surface area contributed by atoms with Crippen molar-refractivity contribution in [3.05, 3.63) is 59.9 Å². The van der Waals surface area contributed by atoms with Crippen LogP contribution < -0.4 is 9.80 Å². The van der Waals surface area contributed by atoms with Crippen LogP contribution in [-0.4, -0.2) is 66.5 Å². The Balaban J connectivity index is 1.66. The lowest BCUT2D eigenvalue weighted by Crippen LogP contribution is -2.74. The average Bonchev–Trinajstić information content (AvgIpc) is 2.80. The molecule has 0 bridgehead atoms. The lowest BCUT2D eigenvalue weighted by atomic mass is 9.67. The van der Waals surface area contributed by atoms with E-state index in [9.17, 15) is 14.0 Å². The zero-order chi connectivity index (χ0) is 21.9. The van der Waals surface area contributed by atoms with Crippen LogP contribution in [0.4, 0.5) is 15.8 Å². The number of amides is 2. The second-order valence-corrected chi connectivity index (χ2v) is 8.76. The van der Waals surface area contributed by atoms with Gasteiger partial charge in [0.1, 0.15) is 5.82 Å². The minimum Gasteiger partial charge on any atom is -0.365 e. The standard InChI is InChI=1S/C23H23FN4O2S/c1-25-20(29)23(21(30)26(2)22(25)31)13-15-7-3-5-9-17(15)28-12-11-27(14-19(23)28)18-10-6-4-8-16(18)24/h3-10,19H,11-14H2,1-2H3/t19-/m0/s1. The van der Waals surface area contributed by atoms with Gasteiger partial charge in [0.2, 0.25) is 11.8 Å². The molecule has 2 fully saturated rings. The molecule has 2 amide bonds. The number of fused-ring (bicyclic) bond motifs is 4. The maximum atomic E-state index is 14.6. The fourth-order valence-corrected chi connectivity index (χ4v) is 5.47. The van der Waals surface area contributed by atoms with E-state index in [0.717, 1.165) is 11.3 Å². The number of thiocarbonyl (C=S) groups is 1. The van der Waals surface area contributed by atoms with Crippen LogP contribution in [0, 0.1) is 11.2 Å². The summed E-state index contributed by atoms with van der Waals surface area (Å²) in [6.45, 7) is 1.53. The lowest BCUT2D eigenvalue weighted by Gasteiger charge is -2.57. The maximum Gasteiger partial charge on any atom is 0.246 e. The van der Waals surface area contributed by atoms with Crippen LogP contribution in [0.25, 0.3) is 0 Å². The zero-order valence-electron chi connectivity index (χ0n) is 17.4. The number of piperazine rings is 1. The molecule has 0 saturated carbocycles. The summed E-state index contributed by atoms with van der Waals surface area (Å²) >= 11 is 5.34. The van der Waals surface area contributed by atoms with Crippen LogP contribution in [0.15, 0.2) is 48.5 Å². The van der Waals surface area contributed by atoms with Gasteiger partial charge in [-0.25, -0.2) is 4.39 Å². The third-order valence-corrected chi connectivity index (χ3v) is 7.41. The number of hydrogen-bond donors (Lipinski definition) is 0. The molecule has 3 aliphatic rings. The second kappa shape index (κ2) is 7.02. The molecular formula is C23H23FN4O2S. The third-order valence-electron chi connectivity index (χ3n) is 6.86. The molecule has 8 heteroatoms. The van der Waals surface area contributed by atoms with Crippen LogP contribution >= 0.6 is 12.2 Å². The molecule has 3 aliphatic heterocycles. The zero-order valence-corrected chi connectivity index (χ0v) is 18.2. The monoisotopic (exact) mass is 438 g/mol. The summed E-state index contributed by atoms with van der Waals surface area (Å²) in [4.78, 5) is 34.3. The molecule has 2 saturated heterocycles. The predicted molar refractivity (Wildman–Crippen MR) is 120 cm³/mol. The largest absolute Gasteiger partial charge is 0.365 e. The Hall–Kier alpha value is -3.00. The number of halogens is 1. The molecule has 1 atom stereocenters. The highest BCUT2D eigenvalue weighted by Crippen LogP contribution is 2.47. The fraction of sp³-hybridized carbons (Fsp3) is 0.348. The molecule has 0 radical (unpaired) electrons. The molecule has 0 aromatic heterocycles. The van der Waals surface area contributed by atoms with Crippen molar-refractivity contribution in [2.24, 2.45) is 5.41 Å². The van der Waals surface area contributed by atoms with Crippen molar-refractivity contribution in [2.75, 3.05) is 43.5 Å². The first kappa shape index (κ1) is 19.9. The fourth-order valence-electron chi connectivity index (χ4n) is 5.30. The Morgan fingerprint density at radius 2 is 1.55 bits per heavy atom. The number of benzene rings is 2. The van der Waals surface area contributed by atoms with Gasteiger partial charge in [-0.3, -0.25) is 19.4 Å². The first-order chi connectivity index (χ1) is 14.9. The Bertz CT molecular complexity index is 1080. The summed E-state index contributed by atoms with van der Waals surface area (Å²) in [5.41, 5.74) is 1.17. The first-order valence-corrected chi connectivity index (χ1v) is 10.7. The van der Waals surface area contributed by atoms with E-state index in [1.807, 2.05) is 29.2 Å². The summed E-state index contributed by atoms with van der Waals surface area (Å²) in [5.74, 6) is -0.890. The summed E-state index contributed by atoms with van der Waals surface area (Å²) in [6, 6.07) is 14.1. The van der Waals surface area contributed by atoms with E-state index in [-0.39, 0.29) is 22.7 Å². The molecule has 5 rings (SSSR count). The number of hydrogen-bond acceptors (Lipinski definition) is 5. The lowest BCUT2D eigenvalue weighted by molar-refractivity contribution is -0.157. The van der Waals surface area contributed by atoms with Crippen molar-refractivity contribution < 1.29 is 14.0 Å². The summed E-state index contributed by atoms with van der Waals surface area (Å²) in [5, 5.41) is 0.202. The highest BCUT2D eigenvalue weighted by atomic mass is 32.1. The van der Waals surface area contributed by atoms with Crippen LogP contribution in [0.3, 0.4) is 0 Å². The molecule has 0 aliphatic carbocycles. The molecule has 3 heterocycles. The van der Waals surface area contributed by atoms with Gasteiger partial charge < -0.3 is 9.80 Å². The van der Waals surface area contributed by atoms with Gasteiger partial charge in [0.25, 0.3) is 0 Å². The van der Waals surface area contributed by atoms with Crippen molar-refractivity contribution in [3.8, 4) is 0 Å². The van der Waals surface area contributed by atoms with Gasteiger partial charge in [-0.15, -0.1) is 0 Å². The average molecular weight is 439 g/mol. The van der Waals surface area contributed by atoms with Crippen molar-refractivity contribution in [1.29, 1.82) is 0 Å². The minimum absolute atomic E-state index is 0.202. The van der Waals surface area contributed by atoms with E-state index in [4.69, 9.17) is 12.2 Å². The molecule has 160 valence electrons. The molecular weight excluding hydrogens is 415 g/mol. The quantitative estimate of drug-likeness (QED) is 0.505. The summed E-state index contributed by atoms with van der Waals surface area (Å²) in [7, 11) is 3.25. The Labute approximate surface area is 185 Å². The Kier molecular flexibility index (Phi) is 4.51. The van der Waals surface area contributed by atoms with Gasteiger partial charge in [0.05, 0.1) is 11.7 Å². The number of rotatable bonds is 1. The maximum absolute atomic E-state index is 14.6. The van der Waals surface area contributed by atoms with E-state index in [1.54, 1.807) is 32.3 Å². The smallest absolute Gasteiger partial charge is 0.246 e. The van der Waals surface area contributed by atoms with Crippen molar-refractivity contribution in [1.82, 2.24) is 9.80 Å². The van der Waals surface area contributed by atoms with E-state index in [1.165, 1.54) is 15.9 Å². The molecule has 0 unspecified atom stereocenters. The van der Waals surface area contributed by atoms with Crippen LogP contribution in [0.1, 0.15) is 5.56 Å². The predicted octanol–water partition coefficient (Wildman–Crippen LogP) is 2.28. The van der Waals surface area contributed by atoms with Crippen molar-refractivity contribution in [2.45, 2.75) is 12.5 Å². The van der Waals surface area contributed by atoms with E-state index < -0.39 is 11.5 Å². The second-order valence-electron chi connectivity index (χ2n) is 8.39. The van der Waals surface area contributed by atoms with Gasteiger partial charge in [-0.1, -0.05) is 30.3 Å². The van der Waals surface area contributed by atoms with E-state index >= 15 is 0 Å². The Morgan fingerprint density at radius 1 is 0.935 bits per heavy atom. The number of nitrogens with zero attached hydrogens (tertiary/aromatic N) is 4. The number of carbonyl (C=O) groups excluding carboxylic acids is 2. The third kappa shape index (κ3) is 2.70. The van der Waals surface area contributed by atoms with E-state index in [2.05, 4.69) is 4.90 Å². The Morgan fingerprint density at radius 3 is 2.23 bits per heavy atom. The molecule has 2 aromatic rings. The van der Waals surface area contributed by atoms with Crippen LogP contribution in [0.5, 0.6) is 0 Å². The molecule has 6 nitrogen and oxygen atoms in total. The van der Waals surface area contributed by atoms with Gasteiger partial charge in [-0.2, -0.15) is 0 Å². The highest BCUT2D eigenvalue weighted by molar-refractivity contribution is 7.80. The molecule has 0 N–H and O–H groups in total.